The molecule has 0 atom stereocenters. The fourth-order valence-corrected chi connectivity index (χ4v) is 4.88. The molecule has 4 rings (SSSR count). The van der Waals surface area contributed by atoms with Crippen LogP contribution in [0.1, 0.15) is 60.2 Å². The van der Waals surface area contributed by atoms with Crippen molar-refractivity contribution in [2.45, 2.75) is 51.6 Å². The molecule has 0 fully saturated rings. The van der Waals surface area contributed by atoms with Gasteiger partial charge >= 0.3 is 0 Å². The zero-order chi connectivity index (χ0) is 27.7. The van der Waals surface area contributed by atoms with Crippen molar-refractivity contribution in [2.75, 3.05) is 26.2 Å². The molecule has 206 valence electrons. The number of fused-ring (bicyclic) bond motifs is 1. The number of rotatable bonds is 6. The number of amides is 2. The summed E-state index contributed by atoms with van der Waals surface area (Å²) in [6.07, 6.45) is 2.69. The molecule has 0 unspecified atom stereocenters. The van der Waals surface area contributed by atoms with E-state index in [0.29, 0.717) is 43.1 Å². The Morgan fingerprint density at radius 1 is 0.974 bits per heavy atom. The first-order valence-electron chi connectivity index (χ1n) is 13.6. The van der Waals surface area contributed by atoms with Crippen LogP contribution in [0.25, 0.3) is 0 Å². The predicted octanol–water partition coefficient (Wildman–Crippen LogP) is 5.21. The molecule has 3 aromatic carbocycles. The summed E-state index contributed by atoms with van der Waals surface area (Å²) in [5, 5.41) is 6.05. The van der Waals surface area contributed by atoms with Crippen LogP contribution in [0, 0.1) is 5.82 Å². The number of nitrogens with zero attached hydrogens (tertiary/aromatic N) is 1. The summed E-state index contributed by atoms with van der Waals surface area (Å²) in [7, 11) is 0. The summed E-state index contributed by atoms with van der Waals surface area (Å²) in [5.41, 5.74) is 2.24. The molecule has 7 heteroatoms. The minimum atomic E-state index is -0.609. The Labute approximate surface area is 230 Å². The molecular formula is C32H38FN3O3. The first-order chi connectivity index (χ1) is 18.8. The lowest BCUT2D eigenvalue weighted by atomic mass is 9.84. The molecule has 0 bridgehead atoms. The number of halogens is 1. The normalized spacial score (nSPS) is 15.5. The van der Waals surface area contributed by atoms with Crippen LogP contribution in [0.5, 0.6) is 5.75 Å². The third-order valence-electron chi connectivity index (χ3n) is 7.07. The van der Waals surface area contributed by atoms with Crippen molar-refractivity contribution in [3.8, 4) is 5.75 Å². The molecule has 6 nitrogen and oxygen atoms in total. The summed E-state index contributed by atoms with van der Waals surface area (Å²) < 4.78 is 20.7. The Bertz CT molecular complexity index is 1260. The Balaban J connectivity index is 1.61. The summed E-state index contributed by atoms with van der Waals surface area (Å²) in [6, 6.07) is 22.1. The second-order valence-electron chi connectivity index (χ2n) is 10.7. The van der Waals surface area contributed by atoms with Crippen LogP contribution in [-0.2, 0) is 23.3 Å². The van der Waals surface area contributed by atoms with Crippen molar-refractivity contribution < 1.29 is 18.7 Å². The smallest absolute Gasteiger partial charge is 0.251 e. The molecule has 1 heterocycles. The average molecular weight is 532 g/mol. The van der Waals surface area contributed by atoms with Gasteiger partial charge in [-0.15, -0.1) is 0 Å². The predicted molar refractivity (Wildman–Crippen MR) is 151 cm³/mol. The summed E-state index contributed by atoms with van der Waals surface area (Å²) in [6.45, 7) is 6.35. The third kappa shape index (κ3) is 7.90. The maximum atomic E-state index is 14.5. The van der Waals surface area contributed by atoms with Gasteiger partial charge in [-0.25, -0.2) is 4.39 Å². The Morgan fingerprint density at radius 3 is 2.54 bits per heavy atom. The van der Waals surface area contributed by atoms with E-state index in [0.717, 1.165) is 30.4 Å². The van der Waals surface area contributed by atoms with E-state index >= 15 is 0 Å². The van der Waals surface area contributed by atoms with Gasteiger partial charge in [0, 0.05) is 42.7 Å². The number of benzene rings is 3. The number of hydrogen-bond donors (Lipinski definition) is 2. The molecule has 0 aliphatic carbocycles. The number of ether oxygens (including phenoxy) is 1. The van der Waals surface area contributed by atoms with E-state index in [2.05, 4.69) is 10.6 Å². The van der Waals surface area contributed by atoms with E-state index in [9.17, 15) is 14.0 Å². The lowest BCUT2D eigenvalue weighted by Gasteiger charge is -2.27. The van der Waals surface area contributed by atoms with Crippen molar-refractivity contribution in [1.29, 1.82) is 0 Å². The first-order valence-corrected chi connectivity index (χ1v) is 13.6. The molecule has 1 aliphatic heterocycles. The summed E-state index contributed by atoms with van der Waals surface area (Å²) in [4.78, 5) is 28.4. The van der Waals surface area contributed by atoms with Crippen LogP contribution in [0.3, 0.4) is 0 Å². The van der Waals surface area contributed by atoms with Crippen molar-refractivity contribution in [3.63, 3.8) is 0 Å². The lowest BCUT2D eigenvalue weighted by molar-refractivity contribution is -0.122. The van der Waals surface area contributed by atoms with Gasteiger partial charge in [0.1, 0.15) is 11.6 Å². The van der Waals surface area contributed by atoms with Gasteiger partial charge in [-0.3, -0.25) is 14.5 Å². The van der Waals surface area contributed by atoms with Gasteiger partial charge in [0.05, 0.1) is 13.2 Å². The molecule has 1 aliphatic rings. The summed E-state index contributed by atoms with van der Waals surface area (Å²) in [5.74, 6) is 0.0586. The van der Waals surface area contributed by atoms with Crippen LogP contribution in [0.2, 0.25) is 0 Å². The van der Waals surface area contributed by atoms with Gasteiger partial charge in [-0.05, 0) is 48.6 Å². The molecule has 3 aromatic rings. The maximum absolute atomic E-state index is 14.5. The van der Waals surface area contributed by atoms with Gasteiger partial charge in [-0.1, -0.05) is 68.4 Å². The fourth-order valence-electron chi connectivity index (χ4n) is 4.88. The van der Waals surface area contributed by atoms with Crippen LogP contribution >= 0.6 is 0 Å². The van der Waals surface area contributed by atoms with Crippen LogP contribution in [0.4, 0.5) is 4.39 Å². The van der Waals surface area contributed by atoms with Crippen LogP contribution in [0.15, 0.2) is 72.8 Å². The molecule has 0 aromatic heterocycles. The number of hydrogen-bond acceptors (Lipinski definition) is 4. The molecule has 0 radical (unpaired) electrons. The van der Waals surface area contributed by atoms with Gasteiger partial charge < -0.3 is 15.4 Å². The van der Waals surface area contributed by atoms with E-state index in [1.807, 2.05) is 61.2 Å². The van der Waals surface area contributed by atoms with E-state index in [1.54, 1.807) is 24.3 Å². The van der Waals surface area contributed by atoms with E-state index < -0.39 is 5.41 Å². The van der Waals surface area contributed by atoms with Gasteiger partial charge in [0.25, 0.3) is 5.91 Å². The molecule has 2 amide bonds. The zero-order valence-electron chi connectivity index (χ0n) is 22.8. The zero-order valence-corrected chi connectivity index (χ0v) is 22.8. The maximum Gasteiger partial charge on any atom is 0.251 e. The second-order valence-corrected chi connectivity index (χ2v) is 10.7. The molecular weight excluding hydrogens is 493 g/mol. The first kappa shape index (κ1) is 28.3. The second kappa shape index (κ2) is 13.4. The molecule has 0 spiro atoms. The van der Waals surface area contributed by atoms with Crippen LogP contribution < -0.4 is 15.4 Å². The molecule has 0 saturated heterocycles. The summed E-state index contributed by atoms with van der Waals surface area (Å²) >= 11 is 0. The highest BCUT2D eigenvalue weighted by molar-refractivity contribution is 5.96. The highest BCUT2D eigenvalue weighted by Gasteiger charge is 2.26. The van der Waals surface area contributed by atoms with Crippen molar-refractivity contribution >= 4 is 11.8 Å². The average Bonchev–Trinajstić information content (AvgIpc) is 2.93. The van der Waals surface area contributed by atoms with Gasteiger partial charge in [0.15, 0.2) is 0 Å². The van der Waals surface area contributed by atoms with Crippen molar-refractivity contribution in [1.82, 2.24) is 15.5 Å². The van der Waals surface area contributed by atoms with E-state index in [4.69, 9.17) is 4.74 Å². The number of nitrogens with one attached hydrogen (secondary N) is 2. The standard InChI is InChI=1S/C32H38FN3O3/c1-32(2,27-15-7-8-16-28(27)33)23-35-31(38)25-14-11-17-29-26(25)21-36(20-24-12-5-3-6-13-24)22-30(37)34-18-9-4-10-19-39-29/h3,5-8,11-17H,4,9-10,18-23H2,1-2H3,(H,34,37)(H,35,38). The minimum absolute atomic E-state index is 0.0405. The van der Waals surface area contributed by atoms with E-state index in [1.165, 1.54) is 6.07 Å². The fraction of sp³-hybridized carbons (Fsp3) is 0.375. The van der Waals surface area contributed by atoms with Gasteiger partial charge in [0.2, 0.25) is 5.91 Å². The Morgan fingerprint density at radius 2 is 1.74 bits per heavy atom. The third-order valence-corrected chi connectivity index (χ3v) is 7.07. The van der Waals surface area contributed by atoms with Crippen molar-refractivity contribution in [2.24, 2.45) is 0 Å². The minimum Gasteiger partial charge on any atom is -0.493 e. The largest absolute Gasteiger partial charge is 0.493 e. The number of carbonyl (C=O) groups excluding carboxylic acids is 2. The van der Waals surface area contributed by atoms with Gasteiger partial charge in [-0.2, -0.15) is 0 Å². The lowest BCUT2D eigenvalue weighted by Crippen LogP contribution is -2.39. The molecule has 0 saturated carbocycles. The Hall–Kier alpha value is -3.71. The SMILES string of the molecule is CC(C)(CNC(=O)c1cccc2c1CN(Cc1ccccc1)CC(=O)NCCCCCO2)c1ccccc1F. The topological polar surface area (TPSA) is 70.7 Å². The van der Waals surface area contributed by atoms with E-state index in [-0.39, 0.29) is 30.7 Å². The molecule has 2 N–H and O–H groups in total. The molecule has 39 heavy (non-hydrogen) atoms. The highest BCUT2D eigenvalue weighted by atomic mass is 19.1. The number of carbonyl (C=O) groups is 2. The Kier molecular flexibility index (Phi) is 9.71. The van der Waals surface area contributed by atoms with Crippen LogP contribution in [-0.4, -0.2) is 43.0 Å². The monoisotopic (exact) mass is 531 g/mol. The quantitative estimate of drug-likeness (QED) is 0.458. The highest BCUT2D eigenvalue weighted by Crippen LogP contribution is 2.28. The van der Waals surface area contributed by atoms with Crippen molar-refractivity contribution in [3.05, 3.63) is 101 Å².